The number of hydrogen-bond acceptors (Lipinski definition) is 6. The Hall–Kier alpha value is -3.73. The maximum Gasteiger partial charge on any atom is 0.281 e. The summed E-state index contributed by atoms with van der Waals surface area (Å²) in [4.78, 5) is 24.8. The van der Waals surface area contributed by atoms with Crippen molar-refractivity contribution in [1.82, 2.24) is 9.88 Å². The van der Waals surface area contributed by atoms with E-state index >= 15 is 0 Å². The number of nitriles is 1. The molecule has 0 bridgehead atoms. The lowest BCUT2D eigenvalue weighted by molar-refractivity contribution is 0.0958. The number of nitrogens with zero attached hydrogens (tertiary/aromatic N) is 4. The molecule has 1 aromatic heterocycles. The lowest BCUT2D eigenvalue weighted by atomic mass is 10.1. The van der Waals surface area contributed by atoms with E-state index in [1.807, 2.05) is 6.07 Å². The summed E-state index contributed by atoms with van der Waals surface area (Å²) in [7, 11) is 0. The number of unbranched alkanes of at least 4 members (excludes halogenated alkanes) is 3. The number of azo groups is 1. The normalized spacial score (nSPS) is 10.7. The third kappa shape index (κ3) is 5.89. The molecule has 1 heterocycles. The molecule has 2 rings (SSSR count). The van der Waals surface area contributed by atoms with E-state index < -0.39 is 5.56 Å². The molecular formula is C23H27N5O3. The monoisotopic (exact) mass is 421 g/mol. The fourth-order valence-corrected chi connectivity index (χ4v) is 3.02. The number of carbonyl (C=O) groups excluding carboxylic acids is 1. The van der Waals surface area contributed by atoms with Crippen molar-refractivity contribution in [1.29, 1.82) is 5.26 Å². The number of aromatic hydroxyl groups is 1. The lowest BCUT2D eigenvalue weighted by Gasteiger charge is -2.12. The van der Waals surface area contributed by atoms with E-state index in [9.17, 15) is 20.0 Å². The zero-order chi connectivity index (χ0) is 22.8. The van der Waals surface area contributed by atoms with Crippen LogP contribution in [0.5, 0.6) is 5.88 Å². The van der Waals surface area contributed by atoms with Crippen LogP contribution < -0.4 is 10.9 Å². The summed E-state index contributed by atoms with van der Waals surface area (Å²) < 4.78 is 1.18. The van der Waals surface area contributed by atoms with Crippen LogP contribution in [0.15, 0.2) is 51.9 Å². The van der Waals surface area contributed by atoms with Gasteiger partial charge < -0.3 is 10.4 Å². The van der Waals surface area contributed by atoms with Crippen LogP contribution in [0.3, 0.4) is 0 Å². The molecule has 0 saturated carbocycles. The van der Waals surface area contributed by atoms with Gasteiger partial charge in [0, 0.05) is 24.2 Å². The third-order valence-electron chi connectivity index (χ3n) is 4.81. The standard InChI is InChI=1S/C23H27N5O3/c1-4-6-7-8-14-28-22(30)19(15-24)16(3)20(23(28)31)27-26-18-11-9-17(10-12-18)21(29)25-13-5-2/h5,9-12,30H,2,4,6-8,13-14H2,1,3H3,(H,25,29). The van der Waals surface area contributed by atoms with Crippen LogP contribution in [0.4, 0.5) is 11.4 Å². The van der Waals surface area contributed by atoms with Crippen molar-refractivity contribution in [3.05, 3.63) is 64.0 Å². The maximum atomic E-state index is 12.9. The summed E-state index contributed by atoms with van der Waals surface area (Å²) in [6.45, 7) is 7.86. The van der Waals surface area contributed by atoms with Crippen molar-refractivity contribution >= 4 is 17.3 Å². The molecule has 0 aliphatic heterocycles. The average Bonchev–Trinajstić information content (AvgIpc) is 2.77. The number of carbonyl (C=O) groups is 1. The molecule has 1 amide bonds. The minimum absolute atomic E-state index is 0.0117. The number of nitrogens with one attached hydrogen (secondary N) is 1. The van der Waals surface area contributed by atoms with Gasteiger partial charge in [-0.05, 0) is 37.6 Å². The highest BCUT2D eigenvalue weighted by Crippen LogP contribution is 2.27. The van der Waals surface area contributed by atoms with Gasteiger partial charge in [0.15, 0.2) is 5.69 Å². The van der Waals surface area contributed by atoms with Gasteiger partial charge in [0.1, 0.15) is 11.6 Å². The molecule has 0 radical (unpaired) electrons. The van der Waals surface area contributed by atoms with Crippen molar-refractivity contribution in [3.63, 3.8) is 0 Å². The Balaban J connectivity index is 2.32. The molecular weight excluding hydrogens is 394 g/mol. The molecule has 2 aromatic rings. The first-order chi connectivity index (χ1) is 14.9. The number of benzene rings is 1. The number of pyridine rings is 1. The molecule has 0 aliphatic rings. The van der Waals surface area contributed by atoms with Crippen LogP contribution in [-0.4, -0.2) is 22.1 Å². The lowest BCUT2D eigenvalue weighted by Crippen LogP contribution is -2.22. The van der Waals surface area contributed by atoms with E-state index in [-0.39, 0.29) is 28.6 Å². The van der Waals surface area contributed by atoms with Crippen LogP contribution in [0.25, 0.3) is 0 Å². The largest absolute Gasteiger partial charge is 0.493 e. The Morgan fingerprint density at radius 3 is 2.58 bits per heavy atom. The molecule has 0 atom stereocenters. The van der Waals surface area contributed by atoms with Gasteiger partial charge in [0.05, 0.1) is 5.69 Å². The zero-order valence-corrected chi connectivity index (χ0v) is 17.9. The van der Waals surface area contributed by atoms with Crippen LogP contribution >= 0.6 is 0 Å². The molecule has 162 valence electrons. The van der Waals surface area contributed by atoms with E-state index in [1.165, 1.54) is 4.57 Å². The Bertz CT molecular complexity index is 1060. The predicted molar refractivity (Wildman–Crippen MR) is 119 cm³/mol. The first-order valence-electron chi connectivity index (χ1n) is 10.2. The zero-order valence-electron chi connectivity index (χ0n) is 17.9. The van der Waals surface area contributed by atoms with Gasteiger partial charge in [-0.2, -0.15) is 10.4 Å². The molecule has 0 saturated heterocycles. The fourth-order valence-electron chi connectivity index (χ4n) is 3.02. The number of aromatic nitrogens is 1. The van der Waals surface area contributed by atoms with Gasteiger partial charge in [0.25, 0.3) is 11.5 Å². The quantitative estimate of drug-likeness (QED) is 0.330. The van der Waals surface area contributed by atoms with Crippen LogP contribution in [0.2, 0.25) is 0 Å². The van der Waals surface area contributed by atoms with Crippen molar-refractivity contribution in [2.45, 2.75) is 46.1 Å². The summed E-state index contributed by atoms with van der Waals surface area (Å²) >= 11 is 0. The van der Waals surface area contributed by atoms with Crippen LogP contribution in [-0.2, 0) is 6.54 Å². The minimum Gasteiger partial charge on any atom is -0.493 e. The summed E-state index contributed by atoms with van der Waals surface area (Å²) in [5, 5.41) is 30.7. The molecule has 0 fully saturated rings. The Labute approximate surface area is 181 Å². The highest BCUT2D eigenvalue weighted by Gasteiger charge is 2.19. The summed E-state index contributed by atoms with van der Waals surface area (Å²) in [5.41, 5.74) is 0.715. The van der Waals surface area contributed by atoms with E-state index in [1.54, 1.807) is 37.3 Å². The number of rotatable bonds is 10. The minimum atomic E-state index is -0.491. The second kappa shape index (κ2) is 11.5. The fraction of sp³-hybridized carbons (Fsp3) is 0.348. The first-order valence-corrected chi connectivity index (χ1v) is 10.2. The smallest absolute Gasteiger partial charge is 0.281 e. The SMILES string of the molecule is C=CCNC(=O)c1ccc(N=Nc2c(C)c(C#N)c(O)n(CCCCCC)c2=O)cc1. The molecule has 2 N–H and O–H groups in total. The summed E-state index contributed by atoms with van der Waals surface area (Å²) in [6, 6.07) is 8.36. The molecule has 8 nitrogen and oxygen atoms in total. The van der Waals surface area contributed by atoms with E-state index in [4.69, 9.17) is 0 Å². The Kier molecular flexibility index (Phi) is 8.70. The summed E-state index contributed by atoms with van der Waals surface area (Å²) in [5.74, 6) is -0.572. The van der Waals surface area contributed by atoms with Gasteiger partial charge in [-0.25, -0.2) is 0 Å². The van der Waals surface area contributed by atoms with Gasteiger partial charge in [-0.1, -0.05) is 32.3 Å². The Morgan fingerprint density at radius 1 is 1.26 bits per heavy atom. The topological polar surface area (TPSA) is 120 Å². The van der Waals surface area contributed by atoms with E-state index in [0.29, 0.717) is 30.8 Å². The van der Waals surface area contributed by atoms with Gasteiger partial charge in [0.2, 0.25) is 5.88 Å². The Morgan fingerprint density at radius 2 is 1.97 bits per heavy atom. The summed E-state index contributed by atoms with van der Waals surface area (Å²) in [6.07, 6.45) is 5.29. The van der Waals surface area contributed by atoms with Crippen LogP contribution in [0, 0.1) is 18.3 Å². The number of hydrogen-bond donors (Lipinski definition) is 2. The first kappa shape index (κ1) is 23.5. The molecule has 1 aromatic carbocycles. The highest BCUT2D eigenvalue weighted by molar-refractivity contribution is 5.94. The van der Waals surface area contributed by atoms with Gasteiger partial charge in [-0.3, -0.25) is 14.2 Å². The molecule has 8 heteroatoms. The van der Waals surface area contributed by atoms with E-state index in [0.717, 1.165) is 19.3 Å². The molecule has 0 aliphatic carbocycles. The predicted octanol–water partition coefficient (Wildman–Crippen LogP) is 4.65. The maximum absolute atomic E-state index is 12.9. The second-order valence-electron chi connectivity index (χ2n) is 7.05. The van der Waals surface area contributed by atoms with Crippen molar-refractivity contribution in [3.8, 4) is 11.9 Å². The van der Waals surface area contributed by atoms with Crippen molar-refractivity contribution in [2.24, 2.45) is 10.2 Å². The molecule has 31 heavy (non-hydrogen) atoms. The van der Waals surface area contributed by atoms with Crippen molar-refractivity contribution in [2.75, 3.05) is 6.54 Å². The number of amides is 1. The van der Waals surface area contributed by atoms with Gasteiger partial charge >= 0.3 is 0 Å². The third-order valence-corrected chi connectivity index (χ3v) is 4.81. The second-order valence-corrected chi connectivity index (χ2v) is 7.05. The van der Waals surface area contributed by atoms with E-state index in [2.05, 4.69) is 29.0 Å². The molecule has 0 spiro atoms. The highest BCUT2D eigenvalue weighted by atomic mass is 16.3. The van der Waals surface area contributed by atoms with Crippen LogP contribution in [0.1, 0.15) is 54.1 Å². The average molecular weight is 422 g/mol. The van der Waals surface area contributed by atoms with Gasteiger partial charge in [-0.15, -0.1) is 11.7 Å². The van der Waals surface area contributed by atoms with Crippen molar-refractivity contribution < 1.29 is 9.90 Å². The molecule has 0 unspecified atom stereocenters.